The molecule has 1 N–H and O–H groups in total. The van der Waals surface area contributed by atoms with Crippen LogP contribution in [0.4, 0.5) is 13.2 Å². The predicted molar refractivity (Wildman–Crippen MR) is 67.1 cm³/mol. The largest absolute Gasteiger partial charge is 0.481 e. The van der Waals surface area contributed by atoms with E-state index in [2.05, 4.69) is 0 Å². The van der Waals surface area contributed by atoms with Crippen LogP contribution in [0.5, 0.6) is 0 Å². The molecule has 1 heterocycles. The van der Waals surface area contributed by atoms with Crippen molar-refractivity contribution in [2.24, 2.45) is 11.8 Å². The Kier molecular flexibility index (Phi) is 4.20. The van der Waals surface area contributed by atoms with Gasteiger partial charge in [0.15, 0.2) is 0 Å². The minimum Gasteiger partial charge on any atom is -0.481 e. The number of hydrogen-bond donors (Lipinski definition) is 1. The highest BCUT2D eigenvalue weighted by Crippen LogP contribution is 2.25. The summed E-state index contributed by atoms with van der Waals surface area (Å²) in [7, 11) is 0. The lowest BCUT2D eigenvalue weighted by Gasteiger charge is -2.34. The number of piperidine rings is 1. The predicted octanol–water partition coefficient (Wildman–Crippen LogP) is 2.29. The Morgan fingerprint density at radius 3 is 2.29 bits per heavy atom. The fourth-order valence-corrected chi connectivity index (χ4v) is 2.60. The zero-order valence-corrected chi connectivity index (χ0v) is 11.3. The van der Waals surface area contributed by atoms with Crippen LogP contribution in [0.2, 0.25) is 0 Å². The quantitative estimate of drug-likeness (QED) is 0.912. The van der Waals surface area contributed by atoms with Gasteiger partial charge in [-0.2, -0.15) is 0 Å². The highest BCUT2D eigenvalue weighted by molar-refractivity contribution is 5.95. The zero-order valence-electron chi connectivity index (χ0n) is 11.3. The number of carboxylic acids is 1. The lowest BCUT2D eigenvalue weighted by atomic mass is 9.90. The Balaban J connectivity index is 2.29. The SMILES string of the molecule is CC1CC(C(=O)O)CN(C(=O)c2c(F)cc(F)cc2F)C1. The van der Waals surface area contributed by atoms with E-state index < -0.39 is 40.8 Å². The van der Waals surface area contributed by atoms with Crippen LogP contribution in [-0.2, 0) is 4.79 Å². The van der Waals surface area contributed by atoms with Crippen LogP contribution in [0.25, 0.3) is 0 Å². The van der Waals surface area contributed by atoms with E-state index in [1.807, 2.05) is 0 Å². The number of amides is 1. The number of halogens is 3. The van der Waals surface area contributed by atoms with Gasteiger partial charge in [-0.05, 0) is 12.3 Å². The maximum absolute atomic E-state index is 13.6. The maximum atomic E-state index is 13.6. The molecule has 1 saturated heterocycles. The topological polar surface area (TPSA) is 57.6 Å². The van der Waals surface area contributed by atoms with Gasteiger partial charge in [-0.25, -0.2) is 13.2 Å². The second-order valence-corrected chi connectivity index (χ2v) is 5.33. The highest BCUT2D eigenvalue weighted by Gasteiger charge is 2.34. The number of carbonyl (C=O) groups is 2. The molecule has 0 spiro atoms. The first-order valence-electron chi connectivity index (χ1n) is 6.46. The van der Waals surface area contributed by atoms with Crippen molar-refractivity contribution in [1.82, 2.24) is 4.90 Å². The normalized spacial score (nSPS) is 22.2. The van der Waals surface area contributed by atoms with E-state index >= 15 is 0 Å². The Morgan fingerprint density at radius 2 is 1.76 bits per heavy atom. The third-order valence-electron chi connectivity index (χ3n) is 3.52. The molecular formula is C14H14F3NO3. The van der Waals surface area contributed by atoms with Crippen LogP contribution >= 0.6 is 0 Å². The highest BCUT2D eigenvalue weighted by atomic mass is 19.1. The van der Waals surface area contributed by atoms with Crippen LogP contribution in [0.15, 0.2) is 12.1 Å². The smallest absolute Gasteiger partial charge is 0.308 e. The van der Waals surface area contributed by atoms with Crippen molar-refractivity contribution in [2.45, 2.75) is 13.3 Å². The molecule has 1 fully saturated rings. The van der Waals surface area contributed by atoms with Crippen LogP contribution < -0.4 is 0 Å². The van der Waals surface area contributed by atoms with Crippen LogP contribution in [0.1, 0.15) is 23.7 Å². The molecule has 7 heteroatoms. The molecule has 1 aliphatic rings. The number of benzene rings is 1. The Labute approximate surface area is 119 Å². The van der Waals surface area contributed by atoms with Crippen molar-refractivity contribution in [3.05, 3.63) is 35.1 Å². The van der Waals surface area contributed by atoms with Gasteiger partial charge in [0.05, 0.1) is 5.92 Å². The summed E-state index contributed by atoms with van der Waals surface area (Å²) in [6.07, 6.45) is 0.396. The van der Waals surface area contributed by atoms with Crippen molar-refractivity contribution in [3.8, 4) is 0 Å². The van der Waals surface area contributed by atoms with Gasteiger partial charge in [0.1, 0.15) is 23.0 Å². The van der Waals surface area contributed by atoms with E-state index in [9.17, 15) is 22.8 Å². The van der Waals surface area contributed by atoms with Crippen LogP contribution in [0.3, 0.4) is 0 Å². The summed E-state index contributed by atoms with van der Waals surface area (Å²) in [4.78, 5) is 24.3. The lowest BCUT2D eigenvalue weighted by Crippen LogP contribution is -2.46. The number of nitrogens with zero attached hydrogens (tertiary/aromatic N) is 1. The Bertz CT molecular complexity index is 568. The first-order chi connectivity index (χ1) is 9.79. The summed E-state index contributed by atoms with van der Waals surface area (Å²) in [5, 5.41) is 9.04. The number of rotatable bonds is 2. The van der Waals surface area contributed by atoms with Gasteiger partial charge < -0.3 is 10.0 Å². The molecule has 0 saturated carbocycles. The average Bonchev–Trinajstić information content (AvgIpc) is 2.36. The molecule has 1 aromatic rings. The first kappa shape index (κ1) is 15.3. The molecule has 21 heavy (non-hydrogen) atoms. The third kappa shape index (κ3) is 3.17. The van der Waals surface area contributed by atoms with Crippen molar-refractivity contribution >= 4 is 11.9 Å². The molecule has 1 aromatic carbocycles. The summed E-state index contributed by atoms with van der Waals surface area (Å²) in [5.41, 5.74) is -0.852. The number of carboxylic acid groups (broad SMARTS) is 1. The lowest BCUT2D eigenvalue weighted by molar-refractivity contribution is -0.143. The molecule has 0 bridgehead atoms. The standard InChI is InChI=1S/C14H14F3NO3/c1-7-2-8(14(20)21)6-18(5-7)13(19)12-10(16)3-9(15)4-11(12)17/h3-4,7-8H,2,5-6H2,1H3,(H,20,21). The van der Waals surface area contributed by atoms with Gasteiger partial charge in [0, 0.05) is 25.2 Å². The minimum absolute atomic E-state index is 0.102. The number of likely N-dealkylation sites (tertiary alicyclic amines) is 1. The molecule has 2 rings (SSSR count). The van der Waals surface area contributed by atoms with Gasteiger partial charge in [-0.15, -0.1) is 0 Å². The molecule has 0 aromatic heterocycles. The maximum Gasteiger partial charge on any atom is 0.308 e. The van der Waals surface area contributed by atoms with E-state index in [1.54, 1.807) is 6.92 Å². The average molecular weight is 301 g/mol. The van der Waals surface area contributed by atoms with Crippen LogP contribution in [-0.4, -0.2) is 35.0 Å². The van der Waals surface area contributed by atoms with E-state index in [1.165, 1.54) is 0 Å². The third-order valence-corrected chi connectivity index (χ3v) is 3.52. The number of carbonyl (C=O) groups excluding carboxylic acids is 1. The van der Waals surface area contributed by atoms with Crippen molar-refractivity contribution in [2.75, 3.05) is 13.1 Å². The molecular weight excluding hydrogens is 287 g/mol. The first-order valence-corrected chi connectivity index (χ1v) is 6.46. The van der Waals surface area contributed by atoms with Crippen molar-refractivity contribution in [3.63, 3.8) is 0 Å². The molecule has 0 aliphatic carbocycles. The summed E-state index contributed by atoms with van der Waals surface area (Å²) in [6.45, 7) is 1.85. The van der Waals surface area contributed by atoms with Gasteiger partial charge in [0.2, 0.25) is 0 Å². The van der Waals surface area contributed by atoms with Gasteiger partial charge in [0.25, 0.3) is 5.91 Å². The van der Waals surface area contributed by atoms with Gasteiger partial charge in [-0.1, -0.05) is 6.92 Å². The fraction of sp³-hybridized carbons (Fsp3) is 0.429. The second kappa shape index (κ2) is 5.75. The molecule has 114 valence electrons. The van der Waals surface area contributed by atoms with Crippen molar-refractivity contribution < 1.29 is 27.9 Å². The monoisotopic (exact) mass is 301 g/mol. The second-order valence-electron chi connectivity index (χ2n) is 5.33. The number of aliphatic carboxylic acids is 1. The molecule has 1 amide bonds. The molecule has 1 aliphatic heterocycles. The summed E-state index contributed by atoms with van der Waals surface area (Å²) < 4.78 is 40.1. The number of hydrogen-bond acceptors (Lipinski definition) is 2. The molecule has 2 unspecified atom stereocenters. The summed E-state index contributed by atoms with van der Waals surface area (Å²) in [5.74, 6) is -6.58. The summed E-state index contributed by atoms with van der Waals surface area (Å²) >= 11 is 0. The zero-order chi connectivity index (χ0) is 15.7. The van der Waals surface area contributed by atoms with E-state index in [0.29, 0.717) is 18.6 Å². The Morgan fingerprint density at radius 1 is 1.19 bits per heavy atom. The Hall–Kier alpha value is -2.05. The summed E-state index contributed by atoms with van der Waals surface area (Å²) in [6, 6.07) is 0.858. The van der Waals surface area contributed by atoms with E-state index in [-0.39, 0.29) is 19.0 Å². The van der Waals surface area contributed by atoms with Gasteiger partial charge >= 0.3 is 5.97 Å². The molecule has 2 atom stereocenters. The van der Waals surface area contributed by atoms with E-state index in [4.69, 9.17) is 5.11 Å². The van der Waals surface area contributed by atoms with Crippen LogP contribution in [0, 0.1) is 29.3 Å². The fourth-order valence-electron chi connectivity index (χ4n) is 2.60. The van der Waals surface area contributed by atoms with E-state index in [0.717, 1.165) is 4.90 Å². The van der Waals surface area contributed by atoms with Crippen molar-refractivity contribution in [1.29, 1.82) is 0 Å². The minimum atomic E-state index is -1.29. The molecule has 4 nitrogen and oxygen atoms in total. The molecule has 0 radical (unpaired) electrons. The van der Waals surface area contributed by atoms with Gasteiger partial charge in [-0.3, -0.25) is 9.59 Å².